The SMILES string of the molecule is O=C(Nc1nccs1)c1ccc(C#CCO)cn1. The average molecular weight is 259 g/mol. The average Bonchev–Trinajstić information content (AvgIpc) is 2.89. The number of aliphatic hydroxyl groups excluding tert-OH is 1. The van der Waals surface area contributed by atoms with Gasteiger partial charge in [0, 0.05) is 23.3 Å². The molecule has 2 rings (SSSR count). The van der Waals surface area contributed by atoms with Crippen LogP contribution in [0.5, 0.6) is 0 Å². The lowest BCUT2D eigenvalue weighted by Crippen LogP contribution is -2.13. The highest BCUT2D eigenvalue weighted by Gasteiger charge is 2.08. The Morgan fingerprint density at radius 2 is 2.33 bits per heavy atom. The van der Waals surface area contributed by atoms with Crippen molar-refractivity contribution in [3.63, 3.8) is 0 Å². The van der Waals surface area contributed by atoms with Crippen LogP contribution in [0.3, 0.4) is 0 Å². The van der Waals surface area contributed by atoms with Gasteiger partial charge in [-0.15, -0.1) is 11.3 Å². The molecule has 0 bridgehead atoms. The molecule has 0 aliphatic rings. The number of hydrogen-bond donors (Lipinski definition) is 2. The van der Waals surface area contributed by atoms with Gasteiger partial charge in [-0.2, -0.15) is 0 Å². The molecular weight excluding hydrogens is 250 g/mol. The number of nitrogens with zero attached hydrogens (tertiary/aromatic N) is 2. The Bertz CT molecular complexity index is 582. The van der Waals surface area contributed by atoms with Crippen LogP contribution >= 0.6 is 11.3 Å². The molecule has 1 amide bonds. The molecule has 0 radical (unpaired) electrons. The standard InChI is InChI=1S/C12H9N3O2S/c16-6-1-2-9-3-4-10(14-8-9)11(17)15-12-13-5-7-18-12/h3-5,7-8,16H,6H2,(H,13,15,17). The number of rotatable bonds is 2. The van der Waals surface area contributed by atoms with Crippen molar-refractivity contribution in [1.82, 2.24) is 9.97 Å². The summed E-state index contributed by atoms with van der Waals surface area (Å²) in [7, 11) is 0. The number of hydrogen-bond acceptors (Lipinski definition) is 5. The number of aliphatic hydroxyl groups is 1. The molecule has 0 aliphatic carbocycles. The van der Waals surface area contributed by atoms with Gasteiger partial charge in [0.25, 0.3) is 5.91 Å². The van der Waals surface area contributed by atoms with Crippen LogP contribution in [0, 0.1) is 11.8 Å². The fourth-order valence-electron chi connectivity index (χ4n) is 1.19. The molecular formula is C12H9N3O2S. The van der Waals surface area contributed by atoms with Gasteiger partial charge in [-0.25, -0.2) is 9.97 Å². The molecule has 2 aromatic rings. The third-order valence-electron chi connectivity index (χ3n) is 1.96. The minimum absolute atomic E-state index is 0.202. The maximum Gasteiger partial charge on any atom is 0.276 e. The fraction of sp³-hybridized carbons (Fsp3) is 0.0833. The maximum atomic E-state index is 11.8. The summed E-state index contributed by atoms with van der Waals surface area (Å²) in [5.41, 5.74) is 0.939. The van der Waals surface area contributed by atoms with Crippen molar-refractivity contribution in [2.45, 2.75) is 0 Å². The van der Waals surface area contributed by atoms with Crippen LogP contribution in [0.1, 0.15) is 16.1 Å². The molecule has 0 unspecified atom stereocenters. The highest BCUT2D eigenvalue weighted by Crippen LogP contribution is 2.11. The second kappa shape index (κ2) is 5.91. The Hall–Kier alpha value is -2.23. The molecule has 0 saturated heterocycles. The smallest absolute Gasteiger partial charge is 0.276 e. The summed E-state index contributed by atoms with van der Waals surface area (Å²) in [5, 5.41) is 13.5. The molecule has 2 heterocycles. The van der Waals surface area contributed by atoms with Crippen molar-refractivity contribution in [3.05, 3.63) is 41.2 Å². The van der Waals surface area contributed by atoms with Gasteiger partial charge in [-0.3, -0.25) is 10.1 Å². The first-order chi connectivity index (χ1) is 8.79. The van der Waals surface area contributed by atoms with Crippen LogP contribution in [0.25, 0.3) is 0 Å². The van der Waals surface area contributed by atoms with Gasteiger partial charge in [0.1, 0.15) is 12.3 Å². The van der Waals surface area contributed by atoms with Gasteiger partial charge in [0.2, 0.25) is 0 Å². The zero-order chi connectivity index (χ0) is 12.8. The number of pyridine rings is 1. The Balaban J connectivity index is 2.07. The Kier molecular flexibility index (Phi) is 4.02. The van der Waals surface area contributed by atoms with Gasteiger partial charge in [-0.1, -0.05) is 11.8 Å². The summed E-state index contributed by atoms with van der Waals surface area (Å²) < 4.78 is 0. The van der Waals surface area contributed by atoms with Crippen molar-refractivity contribution in [2.75, 3.05) is 11.9 Å². The zero-order valence-corrected chi connectivity index (χ0v) is 10.1. The van der Waals surface area contributed by atoms with Gasteiger partial charge in [-0.05, 0) is 12.1 Å². The topological polar surface area (TPSA) is 75.1 Å². The molecule has 0 aliphatic heterocycles. The molecule has 0 fully saturated rings. The Morgan fingerprint density at radius 1 is 1.44 bits per heavy atom. The maximum absolute atomic E-state index is 11.8. The number of carbonyl (C=O) groups excluding carboxylic acids is 1. The zero-order valence-electron chi connectivity index (χ0n) is 9.25. The first-order valence-corrected chi connectivity index (χ1v) is 5.94. The molecule has 0 aromatic carbocycles. The number of anilines is 1. The third kappa shape index (κ3) is 3.13. The molecule has 6 heteroatoms. The van der Waals surface area contributed by atoms with Crippen molar-refractivity contribution in [3.8, 4) is 11.8 Å². The van der Waals surface area contributed by atoms with E-state index in [0.717, 1.165) is 0 Å². The summed E-state index contributed by atoms with van der Waals surface area (Å²) in [6.45, 7) is -0.202. The summed E-state index contributed by atoms with van der Waals surface area (Å²) in [6, 6.07) is 3.25. The molecule has 2 aromatic heterocycles. The van der Waals surface area contributed by atoms with E-state index in [1.807, 2.05) is 0 Å². The van der Waals surface area contributed by atoms with Crippen molar-refractivity contribution >= 4 is 22.4 Å². The van der Waals surface area contributed by atoms with Crippen LogP contribution < -0.4 is 5.32 Å². The molecule has 5 nitrogen and oxygen atoms in total. The predicted molar refractivity (Wildman–Crippen MR) is 68.3 cm³/mol. The fourth-order valence-corrected chi connectivity index (χ4v) is 1.71. The molecule has 0 spiro atoms. The van der Waals surface area contributed by atoms with E-state index in [2.05, 4.69) is 27.1 Å². The van der Waals surface area contributed by atoms with Crippen molar-refractivity contribution in [2.24, 2.45) is 0 Å². The van der Waals surface area contributed by atoms with E-state index in [0.29, 0.717) is 16.4 Å². The molecule has 2 N–H and O–H groups in total. The number of amides is 1. The molecule has 0 atom stereocenters. The summed E-state index contributed by atoms with van der Waals surface area (Å²) >= 11 is 1.34. The van der Waals surface area contributed by atoms with E-state index in [4.69, 9.17) is 5.11 Å². The van der Waals surface area contributed by atoms with Gasteiger partial charge < -0.3 is 5.11 Å². The Morgan fingerprint density at radius 3 is 2.94 bits per heavy atom. The second-order valence-electron chi connectivity index (χ2n) is 3.18. The van der Waals surface area contributed by atoms with E-state index in [1.54, 1.807) is 23.7 Å². The molecule has 90 valence electrons. The monoisotopic (exact) mass is 259 g/mol. The quantitative estimate of drug-likeness (QED) is 0.793. The van der Waals surface area contributed by atoms with E-state index >= 15 is 0 Å². The number of nitrogens with one attached hydrogen (secondary N) is 1. The lowest BCUT2D eigenvalue weighted by molar-refractivity contribution is 0.102. The molecule has 0 saturated carbocycles. The van der Waals surface area contributed by atoms with Crippen LogP contribution in [-0.2, 0) is 0 Å². The summed E-state index contributed by atoms with van der Waals surface area (Å²) in [6.07, 6.45) is 3.10. The van der Waals surface area contributed by atoms with Crippen molar-refractivity contribution < 1.29 is 9.90 Å². The number of aromatic nitrogens is 2. The lowest BCUT2D eigenvalue weighted by Gasteiger charge is -2.00. The van der Waals surface area contributed by atoms with Crippen molar-refractivity contribution in [1.29, 1.82) is 0 Å². The summed E-state index contributed by atoms with van der Waals surface area (Å²) in [4.78, 5) is 19.7. The second-order valence-corrected chi connectivity index (χ2v) is 4.08. The van der Waals surface area contributed by atoms with Gasteiger partial charge >= 0.3 is 0 Å². The van der Waals surface area contributed by atoms with Crippen LogP contribution in [0.2, 0.25) is 0 Å². The van der Waals surface area contributed by atoms with E-state index < -0.39 is 0 Å². The lowest BCUT2D eigenvalue weighted by atomic mass is 10.2. The van der Waals surface area contributed by atoms with E-state index in [1.165, 1.54) is 17.5 Å². The van der Waals surface area contributed by atoms with Gasteiger partial charge in [0.15, 0.2) is 5.13 Å². The van der Waals surface area contributed by atoms with Crippen LogP contribution in [0.4, 0.5) is 5.13 Å². The third-order valence-corrected chi connectivity index (χ3v) is 2.65. The van der Waals surface area contributed by atoms with E-state index in [-0.39, 0.29) is 12.5 Å². The van der Waals surface area contributed by atoms with Crippen LogP contribution in [0.15, 0.2) is 29.9 Å². The summed E-state index contributed by atoms with van der Waals surface area (Å²) in [5.74, 6) is 4.89. The first kappa shape index (κ1) is 12.2. The minimum atomic E-state index is -0.313. The van der Waals surface area contributed by atoms with E-state index in [9.17, 15) is 4.79 Å². The van der Waals surface area contributed by atoms with Gasteiger partial charge in [0.05, 0.1) is 0 Å². The highest BCUT2D eigenvalue weighted by atomic mass is 32.1. The minimum Gasteiger partial charge on any atom is -0.384 e. The predicted octanol–water partition coefficient (Wildman–Crippen LogP) is 1.13. The number of carbonyl (C=O) groups is 1. The Labute approximate surface area is 108 Å². The normalized spacial score (nSPS) is 9.39. The first-order valence-electron chi connectivity index (χ1n) is 5.06. The highest BCUT2D eigenvalue weighted by molar-refractivity contribution is 7.13. The largest absolute Gasteiger partial charge is 0.384 e. The molecule has 18 heavy (non-hydrogen) atoms. The van der Waals surface area contributed by atoms with Crippen LogP contribution in [-0.4, -0.2) is 27.6 Å². The number of thiazole rings is 1.